The fourth-order valence-electron chi connectivity index (χ4n) is 4.30. The van der Waals surface area contributed by atoms with Gasteiger partial charge in [-0.15, -0.1) is 0 Å². The van der Waals surface area contributed by atoms with Crippen LogP contribution in [0.15, 0.2) is 30.6 Å². The molecule has 4 rings (SSSR count). The SMILES string of the molecule is COc1ccc([C@H]2Cn3cnc(C(=O)N4C[C@H](C)C[C@H](C)C4)c3CO2)cc1. The standard InChI is InChI=1S/C21H27N3O3/c1-14-8-15(2)10-23(9-14)21(25)20-18-12-27-19(11-24(18)13-22-20)16-4-6-17(26-3)7-5-16/h4-7,13-15,19H,8-12H2,1-3H3/t14-,15+,19-/m1/s1. The van der Waals surface area contributed by atoms with Crippen molar-refractivity contribution < 1.29 is 14.3 Å². The lowest BCUT2D eigenvalue weighted by Gasteiger charge is -2.35. The summed E-state index contributed by atoms with van der Waals surface area (Å²) in [6.45, 7) is 7.10. The first-order chi connectivity index (χ1) is 13.0. The van der Waals surface area contributed by atoms with Gasteiger partial charge in [0.2, 0.25) is 0 Å². The summed E-state index contributed by atoms with van der Waals surface area (Å²) in [5.74, 6) is 1.93. The number of piperidine rings is 1. The van der Waals surface area contributed by atoms with Crippen molar-refractivity contribution in [3.63, 3.8) is 0 Å². The minimum atomic E-state index is -0.0458. The van der Waals surface area contributed by atoms with E-state index in [1.54, 1.807) is 13.4 Å². The van der Waals surface area contributed by atoms with Gasteiger partial charge in [-0.05, 0) is 36.0 Å². The smallest absolute Gasteiger partial charge is 0.274 e. The minimum absolute atomic E-state index is 0.0358. The summed E-state index contributed by atoms with van der Waals surface area (Å²) in [6.07, 6.45) is 2.91. The number of hydrogen-bond acceptors (Lipinski definition) is 4. The van der Waals surface area contributed by atoms with E-state index in [0.29, 0.717) is 30.7 Å². The van der Waals surface area contributed by atoms with E-state index in [2.05, 4.69) is 23.4 Å². The number of carbonyl (C=O) groups is 1. The molecular formula is C21H27N3O3. The summed E-state index contributed by atoms with van der Waals surface area (Å²) >= 11 is 0. The zero-order valence-electron chi connectivity index (χ0n) is 16.2. The molecule has 6 nitrogen and oxygen atoms in total. The Morgan fingerprint density at radius 3 is 2.52 bits per heavy atom. The van der Waals surface area contributed by atoms with E-state index < -0.39 is 0 Å². The zero-order chi connectivity index (χ0) is 19.0. The fourth-order valence-corrected chi connectivity index (χ4v) is 4.30. The van der Waals surface area contributed by atoms with Crippen LogP contribution in [0.1, 0.15) is 48.1 Å². The monoisotopic (exact) mass is 369 g/mol. The molecule has 144 valence electrons. The van der Waals surface area contributed by atoms with Gasteiger partial charge in [-0.25, -0.2) is 4.98 Å². The van der Waals surface area contributed by atoms with E-state index in [1.165, 1.54) is 6.42 Å². The fraction of sp³-hybridized carbons (Fsp3) is 0.524. The maximum atomic E-state index is 13.0. The van der Waals surface area contributed by atoms with Crippen molar-refractivity contribution in [2.75, 3.05) is 20.2 Å². The highest BCUT2D eigenvalue weighted by molar-refractivity contribution is 5.93. The van der Waals surface area contributed by atoms with Crippen molar-refractivity contribution in [1.82, 2.24) is 14.5 Å². The Balaban J connectivity index is 1.50. The van der Waals surface area contributed by atoms with E-state index in [1.807, 2.05) is 29.2 Å². The maximum Gasteiger partial charge on any atom is 0.274 e. The van der Waals surface area contributed by atoms with Crippen molar-refractivity contribution >= 4 is 5.91 Å². The largest absolute Gasteiger partial charge is 0.497 e. The molecule has 2 aromatic rings. The average molecular weight is 369 g/mol. The predicted molar refractivity (Wildman–Crippen MR) is 102 cm³/mol. The van der Waals surface area contributed by atoms with Gasteiger partial charge in [0.05, 0.1) is 32.3 Å². The van der Waals surface area contributed by atoms with Crippen molar-refractivity contribution in [2.45, 2.75) is 39.5 Å². The van der Waals surface area contributed by atoms with Crippen molar-refractivity contribution in [1.29, 1.82) is 0 Å². The summed E-state index contributed by atoms with van der Waals surface area (Å²) in [5.41, 5.74) is 2.53. The van der Waals surface area contributed by atoms with E-state index >= 15 is 0 Å². The van der Waals surface area contributed by atoms with E-state index in [4.69, 9.17) is 9.47 Å². The molecule has 0 saturated carbocycles. The number of aromatic nitrogens is 2. The number of rotatable bonds is 3. The van der Waals surface area contributed by atoms with Gasteiger partial charge in [0, 0.05) is 13.1 Å². The Hall–Kier alpha value is -2.34. The summed E-state index contributed by atoms with van der Waals surface area (Å²) in [4.78, 5) is 19.4. The Bertz CT molecular complexity index is 805. The Morgan fingerprint density at radius 1 is 1.15 bits per heavy atom. The van der Waals surface area contributed by atoms with E-state index in [-0.39, 0.29) is 12.0 Å². The molecule has 0 aliphatic carbocycles. The van der Waals surface area contributed by atoms with Gasteiger partial charge >= 0.3 is 0 Å². The molecule has 1 aromatic heterocycles. The van der Waals surface area contributed by atoms with Gasteiger partial charge in [-0.2, -0.15) is 0 Å². The second-order valence-electron chi connectivity index (χ2n) is 7.92. The van der Waals surface area contributed by atoms with Crippen molar-refractivity contribution in [2.24, 2.45) is 11.8 Å². The summed E-state index contributed by atoms with van der Waals surface area (Å²) in [6, 6.07) is 7.92. The summed E-state index contributed by atoms with van der Waals surface area (Å²) in [7, 11) is 1.66. The van der Waals surface area contributed by atoms with Gasteiger partial charge in [-0.1, -0.05) is 26.0 Å². The third-order valence-corrected chi connectivity index (χ3v) is 5.58. The first-order valence-electron chi connectivity index (χ1n) is 9.64. The van der Waals surface area contributed by atoms with Crippen LogP contribution in [0, 0.1) is 11.8 Å². The predicted octanol–water partition coefficient (Wildman–Crippen LogP) is 3.28. The lowest BCUT2D eigenvalue weighted by molar-refractivity contribution is 0.00217. The van der Waals surface area contributed by atoms with Crippen LogP contribution in [0.2, 0.25) is 0 Å². The Morgan fingerprint density at radius 2 is 1.85 bits per heavy atom. The van der Waals surface area contributed by atoms with Crippen LogP contribution in [0.25, 0.3) is 0 Å². The number of carbonyl (C=O) groups excluding carboxylic acids is 1. The molecule has 1 saturated heterocycles. The maximum absolute atomic E-state index is 13.0. The number of likely N-dealkylation sites (tertiary alicyclic amines) is 1. The number of benzene rings is 1. The third kappa shape index (κ3) is 3.58. The third-order valence-electron chi connectivity index (χ3n) is 5.58. The average Bonchev–Trinajstić information content (AvgIpc) is 3.10. The highest BCUT2D eigenvalue weighted by atomic mass is 16.5. The molecule has 6 heteroatoms. The van der Waals surface area contributed by atoms with Crippen LogP contribution >= 0.6 is 0 Å². The lowest BCUT2D eigenvalue weighted by Crippen LogP contribution is -2.43. The normalized spacial score (nSPS) is 25.1. The van der Waals surface area contributed by atoms with Crippen molar-refractivity contribution in [3.8, 4) is 5.75 Å². The molecule has 0 bridgehead atoms. The van der Waals surface area contributed by atoms with Crippen LogP contribution in [-0.2, 0) is 17.9 Å². The van der Waals surface area contributed by atoms with Crippen LogP contribution in [0.3, 0.4) is 0 Å². The number of imidazole rings is 1. The molecule has 3 heterocycles. The summed E-state index contributed by atoms with van der Waals surface area (Å²) in [5, 5.41) is 0. The highest BCUT2D eigenvalue weighted by Gasteiger charge is 2.31. The van der Waals surface area contributed by atoms with Gasteiger partial charge in [0.1, 0.15) is 11.9 Å². The molecule has 2 aliphatic heterocycles. The van der Waals surface area contributed by atoms with Crippen LogP contribution in [-0.4, -0.2) is 40.6 Å². The quantitative estimate of drug-likeness (QED) is 0.833. The minimum Gasteiger partial charge on any atom is -0.497 e. The molecule has 2 aliphatic rings. The first kappa shape index (κ1) is 18.0. The van der Waals surface area contributed by atoms with Crippen LogP contribution < -0.4 is 4.74 Å². The molecule has 1 amide bonds. The summed E-state index contributed by atoms with van der Waals surface area (Å²) < 4.78 is 13.3. The van der Waals surface area contributed by atoms with Gasteiger partial charge in [0.15, 0.2) is 5.69 Å². The first-order valence-corrected chi connectivity index (χ1v) is 9.64. The lowest BCUT2D eigenvalue weighted by atomic mass is 9.91. The molecule has 0 unspecified atom stereocenters. The van der Waals surface area contributed by atoms with Crippen LogP contribution in [0.5, 0.6) is 5.75 Å². The zero-order valence-corrected chi connectivity index (χ0v) is 16.2. The Labute approximate surface area is 160 Å². The van der Waals surface area contributed by atoms with Gasteiger partial charge in [-0.3, -0.25) is 4.79 Å². The molecule has 0 N–H and O–H groups in total. The second kappa shape index (κ2) is 7.35. The molecular weight excluding hydrogens is 342 g/mol. The van der Waals surface area contributed by atoms with E-state index in [9.17, 15) is 4.79 Å². The number of amides is 1. The number of fused-ring (bicyclic) bond motifs is 1. The topological polar surface area (TPSA) is 56.6 Å². The second-order valence-corrected chi connectivity index (χ2v) is 7.92. The van der Waals surface area contributed by atoms with Gasteiger partial charge < -0.3 is 18.9 Å². The number of hydrogen-bond donors (Lipinski definition) is 0. The Kier molecular flexibility index (Phi) is 4.91. The van der Waals surface area contributed by atoms with Crippen molar-refractivity contribution in [3.05, 3.63) is 47.5 Å². The molecule has 0 spiro atoms. The van der Waals surface area contributed by atoms with Crippen LogP contribution in [0.4, 0.5) is 0 Å². The van der Waals surface area contributed by atoms with E-state index in [0.717, 1.165) is 30.1 Å². The number of ether oxygens (including phenoxy) is 2. The highest BCUT2D eigenvalue weighted by Crippen LogP contribution is 2.30. The number of methoxy groups -OCH3 is 1. The van der Waals surface area contributed by atoms with Gasteiger partial charge in [0.25, 0.3) is 5.91 Å². The molecule has 3 atom stereocenters. The molecule has 27 heavy (non-hydrogen) atoms. The number of nitrogens with zero attached hydrogens (tertiary/aromatic N) is 3. The molecule has 0 radical (unpaired) electrons. The molecule has 1 fully saturated rings. The molecule has 1 aromatic carbocycles.